The smallest absolute Gasteiger partial charge is 0.335 e. The Labute approximate surface area is 179 Å². The monoisotopic (exact) mass is 439 g/mol. The van der Waals surface area contributed by atoms with Crippen LogP contribution in [-0.4, -0.2) is 36.2 Å². The van der Waals surface area contributed by atoms with E-state index in [1.165, 1.54) is 0 Å². The lowest BCUT2D eigenvalue weighted by molar-refractivity contribution is -0.139. The van der Waals surface area contributed by atoms with Crippen molar-refractivity contribution in [2.75, 3.05) is 13.2 Å². The fourth-order valence-electron chi connectivity index (χ4n) is 3.00. The molecular formula is C22H34NO6P. The highest BCUT2D eigenvalue weighted by Crippen LogP contribution is 2.51. The zero-order valence-corrected chi connectivity index (χ0v) is 18.9. The van der Waals surface area contributed by atoms with E-state index in [1.807, 2.05) is 6.08 Å². The molecule has 168 valence electrons. The molecule has 0 spiro atoms. The van der Waals surface area contributed by atoms with Crippen molar-refractivity contribution in [2.45, 2.75) is 64.6 Å². The topological polar surface area (TPSA) is 102 Å². The minimum absolute atomic E-state index is 0.111. The van der Waals surface area contributed by atoms with Crippen LogP contribution in [0.4, 0.5) is 0 Å². The zero-order valence-electron chi connectivity index (χ0n) is 18.0. The van der Waals surface area contributed by atoms with Gasteiger partial charge in [0, 0.05) is 5.56 Å². The molecule has 0 bridgehead atoms. The number of carbonyl (C=O) groups excluding carboxylic acids is 1. The Morgan fingerprint density at radius 3 is 2.23 bits per heavy atom. The standard InChI is InChI=1S/C22H34NO6P/c1-4-7-8-9-10-11-12-20(22(25)26)23-21(24)19-15-13-18(14-16-19)17-30(27,28-5-2)29-6-3/h4,13-16,20H,1,5-12,17H2,2-3H3,(H,23,24)(H,25,26)/t20-/m1/s1. The molecule has 1 amide bonds. The zero-order chi connectivity index (χ0) is 22.4. The van der Waals surface area contributed by atoms with Crippen molar-refractivity contribution in [3.05, 3.63) is 48.0 Å². The minimum atomic E-state index is -3.22. The molecule has 0 fully saturated rings. The largest absolute Gasteiger partial charge is 0.480 e. The Balaban J connectivity index is 2.63. The van der Waals surface area contributed by atoms with E-state index in [9.17, 15) is 19.3 Å². The van der Waals surface area contributed by atoms with Crippen molar-refractivity contribution in [1.29, 1.82) is 0 Å². The summed E-state index contributed by atoms with van der Waals surface area (Å²) in [5.41, 5.74) is 1.06. The highest BCUT2D eigenvalue weighted by molar-refractivity contribution is 7.53. The van der Waals surface area contributed by atoms with Gasteiger partial charge in [0.05, 0.1) is 19.4 Å². The van der Waals surface area contributed by atoms with E-state index < -0.39 is 25.5 Å². The molecule has 7 nitrogen and oxygen atoms in total. The lowest BCUT2D eigenvalue weighted by Crippen LogP contribution is -2.40. The maximum atomic E-state index is 12.6. The number of hydrogen-bond donors (Lipinski definition) is 2. The van der Waals surface area contributed by atoms with E-state index in [0.29, 0.717) is 17.5 Å². The summed E-state index contributed by atoms with van der Waals surface area (Å²) in [5, 5.41) is 12.0. The first-order valence-corrected chi connectivity index (χ1v) is 12.2. The second-order valence-electron chi connectivity index (χ2n) is 6.95. The van der Waals surface area contributed by atoms with Gasteiger partial charge < -0.3 is 19.5 Å². The fourth-order valence-corrected chi connectivity index (χ4v) is 4.70. The molecule has 1 rings (SSSR count). The molecule has 8 heteroatoms. The lowest BCUT2D eigenvalue weighted by Gasteiger charge is -2.17. The van der Waals surface area contributed by atoms with Gasteiger partial charge in [-0.25, -0.2) is 4.79 Å². The van der Waals surface area contributed by atoms with Gasteiger partial charge in [-0.05, 0) is 50.8 Å². The van der Waals surface area contributed by atoms with Crippen molar-refractivity contribution in [3.63, 3.8) is 0 Å². The van der Waals surface area contributed by atoms with Crippen LogP contribution in [-0.2, 0) is 24.6 Å². The van der Waals surface area contributed by atoms with Crippen molar-refractivity contribution in [2.24, 2.45) is 0 Å². The molecule has 0 aliphatic rings. The quantitative estimate of drug-likeness (QED) is 0.209. The Morgan fingerprint density at radius 2 is 1.70 bits per heavy atom. The molecule has 0 aliphatic carbocycles. The third kappa shape index (κ3) is 9.70. The van der Waals surface area contributed by atoms with Gasteiger partial charge in [0.2, 0.25) is 0 Å². The summed E-state index contributed by atoms with van der Waals surface area (Å²) in [7, 11) is -3.22. The van der Waals surface area contributed by atoms with E-state index in [2.05, 4.69) is 11.9 Å². The number of carbonyl (C=O) groups is 2. The number of rotatable bonds is 16. The first kappa shape index (κ1) is 26.1. The minimum Gasteiger partial charge on any atom is -0.480 e. The molecule has 0 saturated carbocycles. The third-order valence-corrected chi connectivity index (χ3v) is 6.55. The van der Waals surface area contributed by atoms with E-state index >= 15 is 0 Å². The SMILES string of the molecule is C=CCCCCCC[C@@H](NC(=O)c1ccc(CP(=O)(OCC)OCC)cc1)C(=O)O. The molecular weight excluding hydrogens is 405 g/mol. The Hall–Kier alpha value is -1.95. The molecule has 0 saturated heterocycles. The van der Waals surface area contributed by atoms with Crippen molar-refractivity contribution in [1.82, 2.24) is 5.32 Å². The van der Waals surface area contributed by atoms with Gasteiger partial charge in [0.25, 0.3) is 5.91 Å². The number of amides is 1. The van der Waals surface area contributed by atoms with E-state index in [4.69, 9.17) is 9.05 Å². The molecule has 2 N–H and O–H groups in total. The summed E-state index contributed by atoms with van der Waals surface area (Å²) in [6.45, 7) is 7.74. The van der Waals surface area contributed by atoms with E-state index in [-0.39, 0.29) is 19.4 Å². The van der Waals surface area contributed by atoms with Crippen LogP contribution in [0.1, 0.15) is 68.3 Å². The number of hydrogen-bond acceptors (Lipinski definition) is 5. The van der Waals surface area contributed by atoms with Gasteiger partial charge in [-0.1, -0.05) is 37.5 Å². The Bertz CT molecular complexity index is 709. The second kappa shape index (κ2) is 14.1. The average Bonchev–Trinajstić information content (AvgIpc) is 2.70. The van der Waals surface area contributed by atoms with Gasteiger partial charge in [0.1, 0.15) is 6.04 Å². The summed E-state index contributed by atoms with van der Waals surface area (Å²) in [6, 6.07) is 5.60. The molecule has 1 aromatic rings. The highest BCUT2D eigenvalue weighted by Gasteiger charge is 2.24. The van der Waals surface area contributed by atoms with Gasteiger partial charge in [-0.3, -0.25) is 9.36 Å². The molecule has 1 atom stereocenters. The summed E-state index contributed by atoms with van der Waals surface area (Å²) in [4.78, 5) is 23.9. The third-order valence-electron chi connectivity index (χ3n) is 4.50. The van der Waals surface area contributed by atoms with Crippen LogP contribution >= 0.6 is 7.60 Å². The highest BCUT2D eigenvalue weighted by atomic mass is 31.2. The van der Waals surface area contributed by atoms with Crippen molar-refractivity contribution in [3.8, 4) is 0 Å². The maximum absolute atomic E-state index is 12.6. The van der Waals surface area contributed by atoms with Crippen LogP contribution in [0.3, 0.4) is 0 Å². The number of allylic oxidation sites excluding steroid dienone is 1. The van der Waals surface area contributed by atoms with Crippen molar-refractivity contribution >= 4 is 19.5 Å². The van der Waals surface area contributed by atoms with Crippen LogP contribution < -0.4 is 5.32 Å². The number of unbranched alkanes of at least 4 members (excludes halogenated alkanes) is 4. The number of carboxylic acids is 1. The Morgan fingerprint density at radius 1 is 1.10 bits per heavy atom. The molecule has 0 aliphatic heterocycles. The van der Waals surface area contributed by atoms with Crippen LogP contribution in [0, 0.1) is 0 Å². The average molecular weight is 439 g/mol. The van der Waals surface area contributed by atoms with Gasteiger partial charge in [0.15, 0.2) is 0 Å². The second-order valence-corrected chi connectivity index (χ2v) is 9.00. The van der Waals surface area contributed by atoms with Crippen LogP contribution in [0.25, 0.3) is 0 Å². The van der Waals surface area contributed by atoms with Gasteiger partial charge in [-0.15, -0.1) is 6.58 Å². The normalized spacial score (nSPS) is 12.3. The molecule has 0 unspecified atom stereocenters. The fraction of sp³-hybridized carbons (Fsp3) is 0.545. The summed E-state index contributed by atoms with van der Waals surface area (Å²) in [6.07, 6.45) is 7.04. The van der Waals surface area contributed by atoms with Crippen molar-refractivity contribution < 1.29 is 28.3 Å². The van der Waals surface area contributed by atoms with Gasteiger partial charge >= 0.3 is 13.6 Å². The van der Waals surface area contributed by atoms with Crippen LogP contribution in [0.5, 0.6) is 0 Å². The molecule has 1 aromatic carbocycles. The van der Waals surface area contributed by atoms with Crippen LogP contribution in [0.15, 0.2) is 36.9 Å². The first-order chi connectivity index (χ1) is 14.3. The molecule has 0 radical (unpaired) electrons. The predicted octanol–water partition coefficient (Wildman–Crippen LogP) is 5.16. The number of aliphatic carboxylic acids is 1. The number of benzene rings is 1. The van der Waals surface area contributed by atoms with Gasteiger partial charge in [-0.2, -0.15) is 0 Å². The summed E-state index contributed by atoms with van der Waals surface area (Å²) in [5.74, 6) is -1.49. The van der Waals surface area contributed by atoms with E-state index in [0.717, 1.165) is 32.1 Å². The summed E-state index contributed by atoms with van der Waals surface area (Å²) < 4.78 is 23.2. The predicted molar refractivity (Wildman–Crippen MR) is 118 cm³/mol. The Kier molecular flexibility index (Phi) is 12.3. The molecule has 0 heterocycles. The van der Waals surface area contributed by atoms with Crippen LogP contribution in [0.2, 0.25) is 0 Å². The summed E-state index contributed by atoms with van der Waals surface area (Å²) >= 11 is 0. The molecule has 30 heavy (non-hydrogen) atoms. The lowest BCUT2D eigenvalue weighted by atomic mass is 10.1. The molecule has 0 aromatic heterocycles. The maximum Gasteiger partial charge on any atom is 0.335 e. The van der Waals surface area contributed by atoms with E-state index in [1.54, 1.807) is 38.1 Å². The first-order valence-electron chi connectivity index (χ1n) is 10.5. The number of nitrogens with one attached hydrogen (secondary N) is 1. The number of carboxylic acid groups (broad SMARTS) is 1.